The molecular weight excluding hydrogens is 651 g/mol. The van der Waals surface area contributed by atoms with Crippen LogP contribution in [0.3, 0.4) is 0 Å². The molecule has 0 aliphatic carbocycles. The first-order chi connectivity index (χ1) is 18.2. The second-order valence-corrected chi connectivity index (χ2v) is 14.9. The largest absolute Gasteiger partial charge is 3.00 e. The van der Waals surface area contributed by atoms with Gasteiger partial charge in [0.15, 0.2) is 0 Å². The molecule has 8 heteroatoms. The summed E-state index contributed by atoms with van der Waals surface area (Å²) >= 11 is 0. The van der Waals surface area contributed by atoms with Gasteiger partial charge >= 0.3 is 17.4 Å². The summed E-state index contributed by atoms with van der Waals surface area (Å²) in [4.78, 5) is 9.54. The number of aliphatic imine (C=N–C) groups is 2. The van der Waals surface area contributed by atoms with Crippen molar-refractivity contribution in [2.24, 2.45) is 9.98 Å². The fraction of sp³-hybridized carbons (Fsp3) is 0.444. The normalized spacial score (nSPS) is 12.3. The molecule has 1 radical (unpaired) electrons. The maximum Gasteiger partial charge on any atom is 3.00 e. The molecule has 3 rings (SSSR count). The Labute approximate surface area is 295 Å². The van der Waals surface area contributed by atoms with Gasteiger partial charge in [-0.15, -0.1) is 0 Å². The van der Waals surface area contributed by atoms with E-state index in [1.807, 2.05) is 36.4 Å². The minimum atomic E-state index is -0.217. The molecule has 0 aromatic heterocycles. The smallest absolute Gasteiger partial charge is 1.00 e. The molecule has 0 aliphatic rings. The van der Waals surface area contributed by atoms with Crippen molar-refractivity contribution in [3.8, 4) is 11.5 Å². The molecule has 0 heterocycles. The topological polar surface area (TPSA) is 65.2 Å². The van der Waals surface area contributed by atoms with Gasteiger partial charge in [-0.3, -0.25) is 9.98 Å². The van der Waals surface area contributed by atoms with Gasteiger partial charge in [0.25, 0.3) is 0 Å². The number of phenolic OH excluding ortho intramolecular Hbond substituents is 2. The number of phenols is 2. The summed E-state index contributed by atoms with van der Waals surface area (Å²) in [5.41, 5.74) is 6.23. The van der Waals surface area contributed by atoms with Gasteiger partial charge < -0.3 is 47.4 Å². The minimum absolute atomic E-state index is 0. The Balaban J connectivity index is 0. The summed E-state index contributed by atoms with van der Waals surface area (Å²) in [5, 5.41) is 22.4. The summed E-state index contributed by atoms with van der Waals surface area (Å²) in [5.74, 6) is 0.507. The molecule has 44 heavy (non-hydrogen) atoms. The van der Waals surface area contributed by atoms with Crippen molar-refractivity contribution in [1.29, 1.82) is 0 Å². The van der Waals surface area contributed by atoms with E-state index in [9.17, 15) is 10.2 Å². The Morgan fingerprint density at radius 3 is 1.05 bits per heavy atom. The molecule has 241 valence electrons. The first kappa shape index (κ1) is 44.1. The minimum Gasteiger partial charge on any atom is -1.00 e. The van der Waals surface area contributed by atoms with Crippen LogP contribution in [0.1, 0.15) is 116 Å². The quantitative estimate of drug-likeness (QED) is 0.397. The number of aromatic hydroxyl groups is 2. The van der Waals surface area contributed by atoms with Crippen LogP contribution in [0.2, 0.25) is 0 Å². The fourth-order valence-electron chi connectivity index (χ4n) is 4.48. The van der Waals surface area contributed by atoms with E-state index in [1.165, 1.54) is 0 Å². The molecule has 0 saturated carbocycles. The fourth-order valence-corrected chi connectivity index (χ4v) is 4.48. The molecule has 0 saturated heterocycles. The first-order valence-electron chi connectivity index (χ1n) is 14.1. The summed E-state index contributed by atoms with van der Waals surface area (Å²) in [6, 6.07) is 15.9. The predicted octanol–water partition coefficient (Wildman–Crippen LogP) is 0.799. The first-order valence-corrected chi connectivity index (χ1v) is 14.1. The SMILES string of the molecule is CC(C)(C)c1cc(/C=N\c2ccccc2/N=C/c2cc(C(C)(C)C)cc(C(C)(C)C)c2O)c(O)c(C(C)(C)C)c1.[Cl-].[Cl-].[Cl-].[Cr+3]. The van der Waals surface area contributed by atoms with Crippen molar-refractivity contribution >= 4 is 23.8 Å². The van der Waals surface area contributed by atoms with Crippen LogP contribution in [0.25, 0.3) is 0 Å². The van der Waals surface area contributed by atoms with Crippen LogP contribution < -0.4 is 37.2 Å². The van der Waals surface area contributed by atoms with Crippen LogP contribution >= 0.6 is 0 Å². The molecule has 0 fully saturated rings. The van der Waals surface area contributed by atoms with Crippen LogP contribution in [0.4, 0.5) is 11.4 Å². The van der Waals surface area contributed by atoms with E-state index in [-0.39, 0.29) is 87.7 Å². The Bertz CT molecular complexity index is 1350. The van der Waals surface area contributed by atoms with Crippen molar-refractivity contribution in [1.82, 2.24) is 0 Å². The van der Waals surface area contributed by atoms with Crippen LogP contribution in [-0.4, -0.2) is 22.6 Å². The summed E-state index contributed by atoms with van der Waals surface area (Å²) in [7, 11) is 0. The standard InChI is InChI=1S/C36H48N2O2.3ClH.Cr/c1-33(2,3)25-17-23(31(39)27(19-25)35(7,8)9)21-37-29-15-13-14-16-30(29)38-22-24-18-26(34(4,5)6)20-28(32(24)40)36(10,11)12;;;;/h13-22,39-40H,1-12H3;3*1H;/q;;;;+3/p-3/b37-21-,38-22+;;;;. The zero-order valence-corrected chi connectivity index (χ0v) is 31.6. The number of benzene rings is 3. The number of hydrogen-bond acceptors (Lipinski definition) is 4. The Morgan fingerprint density at radius 2 is 0.795 bits per heavy atom. The third kappa shape index (κ3) is 10.8. The Morgan fingerprint density at radius 1 is 0.500 bits per heavy atom. The summed E-state index contributed by atoms with van der Waals surface area (Å²) in [6.07, 6.45) is 3.45. The molecular formula is C36H48Cl3CrN2O2. The molecule has 3 aromatic rings. The predicted molar refractivity (Wildman–Crippen MR) is 172 cm³/mol. The molecule has 2 N–H and O–H groups in total. The molecule has 3 aromatic carbocycles. The zero-order chi connectivity index (χ0) is 30.3. The van der Waals surface area contributed by atoms with Gasteiger partial charge in [-0.2, -0.15) is 0 Å². The second kappa shape index (κ2) is 16.0. The van der Waals surface area contributed by atoms with Gasteiger partial charge in [-0.1, -0.05) is 107 Å². The van der Waals surface area contributed by atoms with E-state index in [0.717, 1.165) is 22.3 Å². The van der Waals surface area contributed by atoms with E-state index in [2.05, 4.69) is 95.2 Å². The van der Waals surface area contributed by atoms with Crippen molar-refractivity contribution in [2.75, 3.05) is 0 Å². The van der Waals surface area contributed by atoms with Crippen molar-refractivity contribution < 1.29 is 64.8 Å². The number of para-hydroxylation sites is 2. The van der Waals surface area contributed by atoms with E-state index in [1.54, 1.807) is 12.4 Å². The molecule has 4 nitrogen and oxygen atoms in total. The summed E-state index contributed by atoms with van der Waals surface area (Å²) in [6.45, 7) is 25.7. The third-order valence-electron chi connectivity index (χ3n) is 7.19. The van der Waals surface area contributed by atoms with Crippen molar-refractivity contribution in [3.63, 3.8) is 0 Å². The van der Waals surface area contributed by atoms with Gasteiger partial charge in [-0.05, 0) is 57.1 Å². The monoisotopic (exact) mass is 697 g/mol. The maximum absolute atomic E-state index is 11.2. The molecule has 0 unspecified atom stereocenters. The van der Waals surface area contributed by atoms with Crippen LogP contribution in [0.5, 0.6) is 11.5 Å². The van der Waals surface area contributed by atoms with Gasteiger partial charge in [0.2, 0.25) is 0 Å². The molecule has 0 aliphatic heterocycles. The molecule has 0 spiro atoms. The van der Waals surface area contributed by atoms with Gasteiger partial charge in [0, 0.05) is 34.7 Å². The summed E-state index contributed by atoms with van der Waals surface area (Å²) < 4.78 is 0. The number of nitrogens with zero attached hydrogens (tertiary/aromatic N) is 2. The average molecular weight is 699 g/mol. The number of rotatable bonds is 4. The number of hydrogen-bond donors (Lipinski definition) is 2. The Kier molecular flexibility index (Phi) is 16.1. The average Bonchev–Trinajstić information content (AvgIpc) is 2.80. The van der Waals surface area contributed by atoms with Crippen molar-refractivity contribution in [3.05, 3.63) is 81.9 Å². The van der Waals surface area contributed by atoms with E-state index < -0.39 is 0 Å². The van der Waals surface area contributed by atoms with Gasteiger partial charge in [0.05, 0.1) is 11.4 Å². The molecule has 0 amide bonds. The zero-order valence-electron chi connectivity index (χ0n) is 28.1. The maximum atomic E-state index is 11.2. The van der Waals surface area contributed by atoms with Crippen molar-refractivity contribution in [2.45, 2.75) is 105 Å². The van der Waals surface area contributed by atoms with Crippen LogP contribution in [0.15, 0.2) is 58.5 Å². The van der Waals surface area contributed by atoms with Gasteiger partial charge in [0.1, 0.15) is 11.5 Å². The van der Waals surface area contributed by atoms with Gasteiger partial charge in [-0.25, -0.2) is 0 Å². The van der Waals surface area contributed by atoms with E-state index in [0.29, 0.717) is 22.5 Å². The molecule has 0 atom stereocenters. The molecule has 0 bridgehead atoms. The van der Waals surface area contributed by atoms with E-state index >= 15 is 0 Å². The second-order valence-electron chi connectivity index (χ2n) is 14.9. The van der Waals surface area contributed by atoms with Crippen LogP contribution in [0, 0.1) is 0 Å². The van der Waals surface area contributed by atoms with E-state index in [4.69, 9.17) is 9.98 Å². The third-order valence-corrected chi connectivity index (χ3v) is 7.19. The Hall–Kier alpha value is -2.00. The van der Waals surface area contributed by atoms with Crippen LogP contribution in [-0.2, 0) is 39.0 Å². The number of halogens is 3.